The van der Waals surface area contributed by atoms with E-state index in [0.717, 1.165) is 11.3 Å². The van der Waals surface area contributed by atoms with E-state index in [9.17, 15) is 4.79 Å². The molecule has 0 saturated carbocycles. The first-order valence-corrected chi connectivity index (χ1v) is 8.18. The van der Waals surface area contributed by atoms with Gasteiger partial charge < -0.3 is 15.4 Å². The third kappa shape index (κ3) is 4.80. The topological polar surface area (TPSA) is 99.9 Å². The van der Waals surface area contributed by atoms with Crippen LogP contribution in [0.3, 0.4) is 0 Å². The van der Waals surface area contributed by atoms with Gasteiger partial charge in [-0.1, -0.05) is 18.2 Å². The molecule has 1 aromatic heterocycles. The van der Waals surface area contributed by atoms with Crippen molar-refractivity contribution in [2.45, 2.75) is 6.54 Å². The highest BCUT2D eigenvalue weighted by atomic mass is 16.5. The van der Waals surface area contributed by atoms with Crippen molar-refractivity contribution in [1.29, 1.82) is 5.26 Å². The highest BCUT2D eigenvalue weighted by Gasteiger charge is 2.08. The molecule has 0 aliphatic carbocycles. The lowest BCUT2D eigenvalue weighted by molar-refractivity contribution is 0.102. The van der Waals surface area contributed by atoms with Gasteiger partial charge in [-0.25, -0.2) is 9.97 Å². The van der Waals surface area contributed by atoms with Crippen LogP contribution in [0.2, 0.25) is 0 Å². The third-order valence-corrected chi connectivity index (χ3v) is 3.77. The van der Waals surface area contributed by atoms with E-state index in [1.807, 2.05) is 30.3 Å². The fourth-order valence-corrected chi connectivity index (χ4v) is 2.33. The molecule has 7 nitrogen and oxygen atoms in total. The SMILES string of the molecule is COc1ccc(CNc2ncc(C(=O)Nc3cccc(C#N)c3)cn2)cc1. The van der Waals surface area contributed by atoms with E-state index >= 15 is 0 Å². The Bertz CT molecular complexity index is 963. The molecule has 0 radical (unpaired) electrons. The number of aromatic nitrogens is 2. The minimum atomic E-state index is -0.341. The van der Waals surface area contributed by atoms with Crippen LogP contribution in [0.15, 0.2) is 60.9 Å². The summed E-state index contributed by atoms with van der Waals surface area (Å²) in [5, 5.41) is 14.7. The van der Waals surface area contributed by atoms with E-state index in [-0.39, 0.29) is 5.91 Å². The molecule has 0 saturated heterocycles. The Labute approximate surface area is 156 Å². The van der Waals surface area contributed by atoms with Crippen LogP contribution in [0.1, 0.15) is 21.5 Å². The normalized spacial score (nSPS) is 9.93. The van der Waals surface area contributed by atoms with Crippen molar-refractivity contribution < 1.29 is 9.53 Å². The van der Waals surface area contributed by atoms with Crippen LogP contribution >= 0.6 is 0 Å². The smallest absolute Gasteiger partial charge is 0.258 e. The van der Waals surface area contributed by atoms with Gasteiger partial charge >= 0.3 is 0 Å². The molecule has 134 valence electrons. The molecule has 1 amide bonds. The first-order valence-electron chi connectivity index (χ1n) is 8.18. The van der Waals surface area contributed by atoms with Crippen molar-refractivity contribution in [3.8, 4) is 11.8 Å². The van der Waals surface area contributed by atoms with E-state index < -0.39 is 0 Å². The van der Waals surface area contributed by atoms with E-state index in [2.05, 4.69) is 20.6 Å². The maximum atomic E-state index is 12.3. The zero-order valence-electron chi connectivity index (χ0n) is 14.6. The lowest BCUT2D eigenvalue weighted by atomic mass is 10.2. The van der Waals surface area contributed by atoms with Gasteiger partial charge in [0.05, 0.1) is 24.3 Å². The fourth-order valence-electron chi connectivity index (χ4n) is 2.33. The number of nitriles is 1. The lowest BCUT2D eigenvalue weighted by Crippen LogP contribution is -2.13. The number of hydrogen-bond donors (Lipinski definition) is 2. The number of nitrogens with one attached hydrogen (secondary N) is 2. The van der Waals surface area contributed by atoms with Crippen LogP contribution in [-0.2, 0) is 6.54 Å². The molecule has 3 rings (SSSR count). The summed E-state index contributed by atoms with van der Waals surface area (Å²) in [6, 6.07) is 16.4. The highest BCUT2D eigenvalue weighted by Crippen LogP contribution is 2.13. The number of ether oxygens (including phenoxy) is 1. The zero-order chi connectivity index (χ0) is 19.1. The summed E-state index contributed by atoms with van der Waals surface area (Å²) in [7, 11) is 1.62. The van der Waals surface area contributed by atoms with Crippen LogP contribution in [-0.4, -0.2) is 23.0 Å². The van der Waals surface area contributed by atoms with Gasteiger partial charge in [0.1, 0.15) is 5.75 Å². The van der Waals surface area contributed by atoms with Crippen molar-refractivity contribution >= 4 is 17.5 Å². The number of anilines is 2. The van der Waals surface area contributed by atoms with E-state index in [0.29, 0.717) is 29.3 Å². The molecule has 0 aliphatic heterocycles. The summed E-state index contributed by atoms with van der Waals surface area (Å²) in [5.41, 5.74) is 2.40. The zero-order valence-corrected chi connectivity index (χ0v) is 14.6. The number of carbonyl (C=O) groups excluding carboxylic acids is 1. The average molecular weight is 359 g/mol. The minimum absolute atomic E-state index is 0.326. The largest absolute Gasteiger partial charge is 0.497 e. The van der Waals surface area contributed by atoms with Crippen LogP contribution in [0, 0.1) is 11.3 Å². The first-order chi connectivity index (χ1) is 13.2. The van der Waals surface area contributed by atoms with Crippen LogP contribution < -0.4 is 15.4 Å². The Hall–Kier alpha value is -3.92. The fraction of sp³-hybridized carbons (Fsp3) is 0.100. The molecule has 27 heavy (non-hydrogen) atoms. The average Bonchev–Trinajstić information content (AvgIpc) is 2.73. The summed E-state index contributed by atoms with van der Waals surface area (Å²) >= 11 is 0. The molecule has 0 spiro atoms. The summed E-state index contributed by atoms with van der Waals surface area (Å²) in [6.45, 7) is 0.552. The summed E-state index contributed by atoms with van der Waals surface area (Å²) in [4.78, 5) is 20.6. The van der Waals surface area contributed by atoms with Crippen molar-refractivity contribution in [1.82, 2.24) is 9.97 Å². The third-order valence-electron chi connectivity index (χ3n) is 3.77. The van der Waals surface area contributed by atoms with Gasteiger partial charge in [0, 0.05) is 24.6 Å². The molecule has 2 N–H and O–H groups in total. The minimum Gasteiger partial charge on any atom is -0.497 e. The van der Waals surface area contributed by atoms with Gasteiger partial charge in [-0.15, -0.1) is 0 Å². The van der Waals surface area contributed by atoms with Crippen LogP contribution in [0.4, 0.5) is 11.6 Å². The van der Waals surface area contributed by atoms with E-state index in [1.54, 1.807) is 31.4 Å². The molecular weight excluding hydrogens is 342 g/mol. The molecule has 0 aliphatic rings. The Morgan fingerprint density at radius 2 is 1.89 bits per heavy atom. The molecule has 7 heteroatoms. The summed E-state index contributed by atoms with van der Waals surface area (Å²) in [5.74, 6) is 0.881. The molecule has 0 atom stereocenters. The number of amides is 1. The Kier molecular flexibility index (Phi) is 5.60. The van der Waals surface area contributed by atoms with Crippen molar-refractivity contribution in [2.24, 2.45) is 0 Å². The highest BCUT2D eigenvalue weighted by molar-refractivity contribution is 6.03. The number of rotatable bonds is 6. The first kappa shape index (κ1) is 17.9. The van der Waals surface area contributed by atoms with Gasteiger partial charge in [-0.05, 0) is 35.9 Å². The second-order valence-electron chi connectivity index (χ2n) is 5.64. The standard InChI is InChI=1S/C20H17N5O2/c1-27-18-7-5-14(6-8-18)11-22-20-23-12-16(13-24-20)19(26)25-17-4-2-3-15(9-17)10-21/h2-9,12-13H,11H2,1H3,(H,25,26)(H,22,23,24). The van der Waals surface area contributed by atoms with Gasteiger partial charge in [-0.2, -0.15) is 5.26 Å². The molecule has 0 unspecified atom stereocenters. The molecule has 0 fully saturated rings. The second kappa shape index (κ2) is 8.45. The summed E-state index contributed by atoms with van der Waals surface area (Å²) < 4.78 is 5.12. The van der Waals surface area contributed by atoms with Gasteiger partial charge in [-0.3, -0.25) is 4.79 Å². The monoisotopic (exact) mass is 359 g/mol. The maximum Gasteiger partial charge on any atom is 0.258 e. The Balaban J connectivity index is 1.58. The number of methoxy groups -OCH3 is 1. The number of benzene rings is 2. The van der Waals surface area contributed by atoms with E-state index in [4.69, 9.17) is 10.00 Å². The number of carbonyl (C=O) groups is 1. The molecular formula is C20H17N5O2. The Morgan fingerprint density at radius 3 is 2.56 bits per heavy atom. The predicted molar refractivity (Wildman–Crippen MR) is 101 cm³/mol. The van der Waals surface area contributed by atoms with Gasteiger partial charge in [0.25, 0.3) is 5.91 Å². The predicted octanol–water partition coefficient (Wildman–Crippen LogP) is 3.22. The quantitative estimate of drug-likeness (QED) is 0.701. The Morgan fingerprint density at radius 1 is 1.15 bits per heavy atom. The van der Waals surface area contributed by atoms with Crippen LogP contribution in [0.5, 0.6) is 5.75 Å². The van der Waals surface area contributed by atoms with Crippen molar-refractivity contribution in [3.63, 3.8) is 0 Å². The van der Waals surface area contributed by atoms with Crippen LogP contribution in [0.25, 0.3) is 0 Å². The molecule has 1 heterocycles. The lowest BCUT2D eigenvalue weighted by Gasteiger charge is -2.07. The molecule has 3 aromatic rings. The molecule has 0 bridgehead atoms. The van der Waals surface area contributed by atoms with E-state index in [1.165, 1.54) is 12.4 Å². The van der Waals surface area contributed by atoms with Gasteiger partial charge in [0.15, 0.2) is 0 Å². The van der Waals surface area contributed by atoms with Crippen molar-refractivity contribution in [3.05, 3.63) is 77.6 Å². The maximum absolute atomic E-state index is 12.3. The molecule has 2 aromatic carbocycles. The number of hydrogen-bond acceptors (Lipinski definition) is 6. The van der Waals surface area contributed by atoms with Gasteiger partial charge in [0.2, 0.25) is 5.95 Å². The number of nitrogens with zero attached hydrogens (tertiary/aromatic N) is 3. The summed E-state index contributed by atoms with van der Waals surface area (Å²) in [6.07, 6.45) is 2.90. The van der Waals surface area contributed by atoms with Crippen molar-refractivity contribution in [2.75, 3.05) is 17.7 Å². The second-order valence-corrected chi connectivity index (χ2v) is 5.64.